The van der Waals surface area contributed by atoms with Crippen molar-refractivity contribution in [3.05, 3.63) is 113 Å². The molecule has 0 fully saturated rings. The number of anilines is 1. The van der Waals surface area contributed by atoms with Crippen molar-refractivity contribution in [3.63, 3.8) is 0 Å². The lowest BCUT2D eigenvalue weighted by Gasteiger charge is -2.32. The Bertz CT molecular complexity index is 1670. The van der Waals surface area contributed by atoms with Crippen LogP contribution in [0.2, 0.25) is 0 Å². The number of nitrogens with one attached hydrogen (secondary N) is 1. The van der Waals surface area contributed by atoms with Crippen LogP contribution < -0.4 is 10.2 Å². The Labute approximate surface area is 249 Å². The zero-order chi connectivity index (χ0) is 31.9. The van der Waals surface area contributed by atoms with Crippen molar-refractivity contribution in [3.8, 4) is 0 Å². The molecular formula is C32H26F4N2O6. The molecule has 0 aromatic heterocycles. The molecule has 44 heavy (non-hydrogen) atoms. The van der Waals surface area contributed by atoms with Crippen LogP contribution in [0.5, 0.6) is 0 Å². The van der Waals surface area contributed by atoms with E-state index in [4.69, 9.17) is 9.47 Å². The molecule has 2 aliphatic heterocycles. The molecule has 1 amide bonds. The molecule has 0 saturated heterocycles. The summed E-state index contributed by atoms with van der Waals surface area (Å²) in [6.45, 7) is 2.06. The van der Waals surface area contributed by atoms with E-state index < -0.39 is 69.1 Å². The topological polar surface area (TPSA) is 102 Å². The third kappa shape index (κ3) is 4.75. The number of Topliss-reactive ketones (excluding diaryl/α,β-unsaturated/α-hetero) is 1. The fraction of sp³-hybridized carbons (Fsp3) is 0.250. The number of ether oxygens (including phenoxy) is 2. The Hall–Kier alpha value is -4.84. The second kappa shape index (κ2) is 11.3. The van der Waals surface area contributed by atoms with E-state index in [1.807, 2.05) is 0 Å². The number of amides is 1. The third-order valence-corrected chi connectivity index (χ3v) is 7.47. The van der Waals surface area contributed by atoms with Gasteiger partial charge in [-0.1, -0.05) is 54.6 Å². The zero-order valence-corrected chi connectivity index (χ0v) is 23.5. The summed E-state index contributed by atoms with van der Waals surface area (Å²) < 4.78 is 68.8. The highest BCUT2D eigenvalue weighted by Crippen LogP contribution is 2.54. The first-order valence-electron chi connectivity index (χ1n) is 13.6. The molecule has 0 aliphatic carbocycles. The monoisotopic (exact) mass is 610 g/mol. The first kappa shape index (κ1) is 30.6. The molecule has 1 atom stereocenters. The molecule has 8 nitrogen and oxygen atoms in total. The molecular weight excluding hydrogens is 584 g/mol. The molecule has 2 aliphatic rings. The van der Waals surface area contributed by atoms with Gasteiger partial charge in [0, 0.05) is 11.1 Å². The smallest absolute Gasteiger partial charge is 0.418 e. The van der Waals surface area contributed by atoms with Crippen LogP contribution in [-0.2, 0) is 42.1 Å². The second-order valence-corrected chi connectivity index (χ2v) is 10.1. The van der Waals surface area contributed by atoms with Crippen molar-refractivity contribution in [2.45, 2.75) is 37.6 Å². The number of hydrogen-bond acceptors (Lipinski definition) is 7. The van der Waals surface area contributed by atoms with E-state index in [0.29, 0.717) is 5.56 Å². The molecule has 0 radical (unpaired) electrons. The molecule has 1 N–H and O–H groups in total. The Kier molecular flexibility index (Phi) is 7.89. The highest BCUT2D eigenvalue weighted by atomic mass is 19.4. The minimum absolute atomic E-state index is 0.234. The van der Waals surface area contributed by atoms with Crippen LogP contribution in [0.15, 0.2) is 84.4 Å². The van der Waals surface area contributed by atoms with E-state index in [2.05, 4.69) is 5.32 Å². The van der Waals surface area contributed by atoms with Crippen molar-refractivity contribution in [1.82, 2.24) is 5.32 Å². The molecule has 5 rings (SSSR count). The van der Waals surface area contributed by atoms with Crippen LogP contribution in [0.1, 0.15) is 40.9 Å². The predicted octanol–water partition coefficient (Wildman–Crippen LogP) is 4.86. The Balaban J connectivity index is 1.84. The van der Waals surface area contributed by atoms with Gasteiger partial charge >= 0.3 is 18.1 Å². The highest BCUT2D eigenvalue weighted by Gasteiger charge is 2.68. The van der Waals surface area contributed by atoms with Crippen molar-refractivity contribution >= 4 is 29.3 Å². The molecule has 228 valence electrons. The Morgan fingerprint density at radius 3 is 2.07 bits per heavy atom. The van der Waals surface area contributed by atoms with Crippen molar-refractivity contribution < 1.29 is 46.2 Å². The first-order valence-corrected chi connectivity index (χ1v) is 13.6. The molecule has 3 aromatic carbocycles. The summed E-state index contributed by atoms with van der Waals surface area (Å²) in [6.07, 6.45) is -4.14. The van der Waals surface area contributed by atoms with Gasteiger partial charge in [-0.2, -0.15) is 13.2 Å². The van der Waals surface area contributed by atoms with Gasteiger partial charge in [0.25, 0.3) is 5.91 Å². The van der Waals surface area contributed by atoms with Gasteiger partial charge in [-0.05, 0) is 43.7 Å². The zero-order valence-electron chi connectivity index (χ0n) is 23.5. The van der Waals surface area contributed by atoms with Crippen LogP contribution >= 0.6 is 0 Å². The normalized spacial score (nSPS) is 18.6. The summed E-state index contributed by atoms with van der Waals surface area (Å²) in [5, 5.41) is 2.63. The summed E-state index contributed by atoms with van der Waals surface area (Å²) in [6, 6.07) is 15.9. The standard InChI is InChI=1S/C32H26F4N2O6/c1-3-43-28(41)30(29(42)44-4-2)17-23(26(39)20-13-8-9-16-24(20)33)31(37-30)21-14-10-15-22(32(34,35)36)25(21)38(27(31)40)18-19-11-6-5-7-12-19/h5-17,37H,3-4,18H2,1-2H3/t31-/m0/s1. The highest BCUT2D eigenvalue weighted by molar-refractivity contribution is 6.24. The maximum Gasteiger partial charge on any atom is 0.418 e. The summed E-state index contributed by atoms with van der Waals surface area (Å²) in [5.74, 6) is -5.76. The number of ketones is 1. The number of carbonyl (C=O) groups excluding carboxylic acids is 4. The number of halogens is 4. The number of hydrogen-bond donors (Lipinski definition) is 1. The number of esters is 2. The van der Waals surface area contributed by atoms with Crippen LogP contribution in [0.3, 0.4) is 0 Å². The summed E-state index contributed by atoms with van der Waals surface area (Å²) >= 11 is 0. The molecule has 0 saturated carbocycles. The molecule has 0 bridgehead atoms. The number of benzene rings is 3. The minimum atomic E-state index is -4.95. The molecule has 1 spiro atoms. The minimum Gasteiger partial charge on any atom is -0.464 e. The van der Waals surface area contributed by atoms with E-state index in [1.165, 1.54) is 32.0 Å². The van der Waals surface area contributed by atoms with E-state index in [1.54, 1.807) is 30.3 Å². The summed E-state index contributed by atoms with van der Waals surface area (Å²) in [7, 11) is 0. The second-order valence-electron chi connectivity index (χ2n) is 10.1. The van der Waals surface area contributed by atoms with Gasteiger partial charge in [0.2, 0.25) is 5.54 Å². The van der Waals surface area contributed by atoms with Crippen LogP contribution in [0.25, 0.3) is 0 Å². The Morgan fingerprint density at radius 2 is 1.48 bits per heavy atom. The lowest BCUT2D eigenvalue weighted by molar-refractivity contribution is -0.163. The number of carbonyl (C=O) groups is 4. The SMILES string of the molecule is CCOC(=O)C1(C(=O)OCC)C=C(C(=O)c2ccccc2F)[C@]2(N1)C(=O)N(Cc1ccccc1)c1c(C(F)(F)F)cccc12. The number of fused-ring (bicyclic) bond motifs is 2. The fourth-order valence-corrected chi connectivity index (χ4v) is 5.63. The summed E-state index contributed by atoms with van der Waals surface area (Å²) in [4.78, 5) is 56.6. The van der Waals surface area contributed by atoms with Crippen LogP contribution in [-0.4, -0.2) is 42.4 Å². The van der Waals surface area contributed by atoms with Crippen LogP contribution in [0, 0.1) is 5.82 Å². The number of para-hydroxylation sites is 1. The average molecular weight is 611 g/mol. The van der Waals surface area contributed by atoms with Gasteiger partial charge in [0.05, 0.1) is 36.6 Å². The van der Waals surface area contributed by atoms with Gasteiger partial charge in [0.1, 0.15) is 5.82 Å². The number of alkyl halides is 3. The van der Waals surface area contributed by atoms with Crippen LogP contribution in [0.4, 0.5) is 23.2 Å². The molecule has 3 aromatic rings. The maximum absolute atomic E-state index is 15.0. The molecule has 0 unspecified atom stereocenters. The molecule has 2 heterocycles. The Morgan fingerprint density at radius 1 is 0.864 bits per heavy atom. The van der Waals surface area contributed by atoms with Gasteiger partial charge in [-0.15, -0.1) is 0 Å². The number of rotatable bonds is 8. The average Bonchev–Trinajstić information content (AvgIpc) is 3.48. The number of nitrogens with zero attached hydrogens (tertiary/aromatic N) is 1. The lowest BCUT2D eigenvalue weighted by Crippen LogP contribution is -2.63. The summed E-state index contributed by atoms with van der Waals surface area (Å²) in [5.41, 5.74) is -8.06. The fourth-order valence-electron chi connectivity index (χ4n) is 5.63. The van der Waals surface area contributed by atoms with E-state index in [0.717, 1.165) is 35.2 Å². The van der Waals surface area contributed by atoms with Crippen molar-refractivity contribution in [2.24, 2.45) is 0 Å². The van der Waals surface area contributed by atoms with E-state index >= 15 is 4.39 Å². The quantitative estimate of drug-likeness (QED) is 0.168. The van der Waals surface area contributed by atoms with Gasteiger partial charge < -0.3 is 14.4 Å². The van der Waals surface area contributed by atoms with E-state index in [9.17, 15) is 32.3 Å². The largest absolute Gasteiger partial charge is 0.464 e. The van der Waals surface area contributed by atoms with E-state index in [-0.39, 0.29) is 25.3 Å². The van der Waals surface area contributed by atoms with Gasteiger partial charge in [0.15, 0.2) is 11.3 Å². The van der Waals surface area contributed by atoms with Crippen molar-refractivity contribution in [1.29, 1.82) is 0 Å². The van der Waals surface area contributed by atoms with Crippen molar-refractivity contribution in [2.75, 3.05) is 18.1 Å². The maximum atomic E-state index is 15.0. The lowest BCUT2D eigenvalue weighted by atomic mass is 9.81. The van der Waals surface area contributed by atoms with Gasteiger partial charge in [-0.3, -0.25) is 14.9 Å². The molecule has 12 heteroatoms. The third-order valence-electron chi connectivity index (χ3n) is 7.47. The van der Waals surface area contributed by atoms with Gasteiger partial charge in [-0.25, -0.2) is 14.0 Å². The predicted molar refractivity (Wildman–Crippen MR) is 149 cm³/mol. The first-order chi connectivity index (χ1) is 20.9.